The third-order valence-corrected chi connectivity index (χ3v) is 4.73. The number of carbonyl (C=O) groups excluding carboxylic acids is 1. The number of rotatable bonds is 6. The van der Waals surface area contributed by atoms with Crippen LogP contribution in [0.15, 0.2) is 48.5 Å². The SMILES string of the molecule is O=C(O)NC(C(=O)c1ccc(OC2CCCC2)cc1)c1ccc(Cl)cc1. The van der Waals surface area contributed by atoms with Gasteiger partial charge in [0, 0.05) is 10.6 Å². The van der Waals surface area contributed by atoms with Gasteiger partial charge in [-0.1, -0.05) is 23.7 Å². The average molecular weight is 374 g/mol. The molecule has 0 aromatic heterocycles. The van der Waals surface area contributed by atoms with Crippen LogP contribution in [0.4, 0.5) is 4.79 Å². The largest absolute Gasteiger partial charge is 0.490 e. The summed E-state index contributed by atoms with van der Waals surface area (Å²) < 4.78 is 5.90. The van der Waals surface area contributed by atoms with Gasteiger partial charge in [-0.25, -0.2) is 4.79 Å². The Bertz CT molecular complexity index is 767. The van der Waals surface area contributed by atoms with Gasteiger partial charge in [0.1, 0.15) is 11.8 Å². The van der Waals surface area contributed by atoms with Gasteiger partial charge in [-0.15, -0.1) is 0 Å². The van der Waals surface area contributed by atoms with Crippen LogP contribution in [0.5, 0.6) is 5.75 Å². The molecule has 1 aliphatic rings. The molecule has 26 heavy (non-hydrogen) atoms. The van der Waals surface area contributed by atoms with E-state index in [0.29, 0.717) is 16.1 Å². The van der Waals surface area contributed by atoms with E-state index in [1.807, 2.05) is 0 Å². The summed E-state index contributed by atoms with van der Waals surface area (Å²) in [5, 5.41) is 11.9. The van der Waals surface area contributed by atoms with Gasteiger partial charge in [0.25, 0.3) is 0 Å². The van der Waals surface area contributed by atoms with E-state index in [1.165, 1.54) is 12.8 Å². The molecule has 1 saturated carbocycles. The van der Waals surface area contributed by atoms with Crippen LogP contribution < -0.4 is 10.1 Å². The van der Waals surface area contributed by atoms with Gasteiger partial charge in [-0.05, 0) is 67.6 Å². The van der Waals surface area contributed by atoms with Gasteiger partial charge in [-0.2, -0.15) is 0 Å². The van der Waals surface area contributed by atoms with E-state index < -0.39 is 12.1 Å². The number of hydrogen-bond donors (Lipinski definition) is 2. The number of carboxylic acid groups (broad SMARTS) is 1. The van der Waals surface area contributed by atoms with Crippen LogP contribution in [-0.2, 0) is 0 Å². The number of benzene rings is 2. The summed E-state index contributed by atoms with van der Waals surface area (Å²) in [6.45, 7) is 0. The van der Waals surface area contributed by atoms with Gasteiger partial charge >= 0.3 is 6.09 Å². The molecule has 3 rings (SSSR count). The molecule has 0 bridgehead atoms. The molecular weight excluding hydrogens is 354 g/mol. The van der Waals surface area contributed by atoms with E-state index >= 15 is 0 Å². The summed E-state index contributed by atoms with van der Waals surface area (Å²) in [6.07, 6.45) is 3.46. The lowest BCUT2D eigenvalue weighted by Gasteiger charge is -2.17. The molecule has 0 saturated heterocycles. The highest BCUT2D eigenvalue weighted by Gasteiger charge is 2.24. The minimum Gasteiger partial charge on any atom is -0.490 e. The van der Waals surface area contributed by atoms with Crippen LogP contribution in [0, 0.1) is 0 Å². The zero-order chi connectivity index (χ0) is 18.5. The smallest absolute Gasteiger partial charge is 0.405 e. The standard InChI is InChI=1S/C20H20ClNO4/c21-15-9-5-13(6-10-15)18(22-20(24)25)19(23)14-7-11-17(12-8-14)26-16-3-1-2-4-16/h5-12,16,18,22H,1-4H2,(H,24,25). The molecule has 0 spiro atoms. The molecule has 2 aromatic rings. The van der Waals surface area contributed by atoms with Gasteiger partial charge in [-0.3, -0.25) is 4.79 Å². The molecule has 1 aliphatic carbocycles. The maximum Gasteiger partial charge on any atom is 0.405 e. The molecule has 6 heteroatoms. The highest BCUT2D eigenvalue weighted by atomic mass is 35.5. The molecule has 0 radical (unpaired) electrons. The van der Waals surface area contributed by atoms with Crippen molar-refractivity contribution in [2.45, 2.75) is 37.8 Å². The topological polar surface area (TPSA) is 75.6 Å². The van der Waals surface area contributed by atoms with Crippen LogP contribution in [-0.4, -0.2) is 23.1 Å². The van der Waals surface area contributed by atoms with Gasteiger partial charge in [0.05, 0.1) is 6.10 Å². The summed E-state index contributed by atoms with van der Waals surface area (Å²) in [4.78, 5) is 23.9. The van der Waals surface area contributed by atoms with Crippen LogP contribution in [0.3, 0.4) is 0 Å². The van der Waals surface area contributed by atoms with Crippen molar-refractivity contribution in [2.24, 2.45) is 0 Å². The summed E-state index contributed by atoms with van der Waals surface area (Å²) in [6, 6.07) is 12.4. The molecule has 1 atom stereocenters. The molecule has 0 aliphatic heterocycles. The number of halogens is 1. The number of amides is 1. The quantitative estimate of drug-likeness (QED) is 0.709. The number of ketones is 1. The third-order valence-electron chi connectivity index (χ3n) is 4.48. The minimum atomic E-state index is -1.26. The fraction of sp³-hybridized carbons (Fsp3) is 0.300. The second-order valence-electron chi connectivity index (χ2n) is 6.35. The first-order valence-electron chi connectivity index (χ1n) is 8.59. The van der Waals surface area contributed by atoms with Crippen molar-refractivity contribution < 1.29 is 19.4 Å². The predicted octanol–water partition coefficient (Wildman–Crippen LogP) is 4.85. The van der Waals surface area contributed by atoms with Gasteiger partial charge in [0.2, 0.25) is 0 Å². The molecule has 2 N–H and O–H groups in total. The lowest BCUT2D eigenvalue weighted by molar-refractivity contribution is 0.0936. The predicted molar refractivity (Wildman–Crippen MR) is 99.0 cm³/mol. The maximum atomic E-state index is 12.8. The molecule has 2 aromatic carbocycles. The minimum absolute atomic E-state index is 0.243. The highest BCUT2D eigenvalue weighted by Crippen LogP contribution is 2.26. The lowest BCUT2D eigenvalue weighted by Crippen LogP contribution is -2.32. The molecule has 1 fully saturated rings. The summed E-state index contributed by atoms with van der Waals surface area (Å²) in [5.74, 6) is 0.393. The average Bonchev–Trinajstić information content (AvgIpc) is 3.13. The Labute approximate surface area is 156 Å². The molecule has 1 unspecified atom stereocenters. The van der Waals surface area contributed by atoms with E-state index in [-0.39, 0.29) is 11.9 Å². The van der Waals surface area contributed by atoms with Crippen LogP contribution in [0.1, 0.15) is 47.6 Å². The second-order valence-corrected chi connectivity index (χ2v) is 6.78. The van der Waals surface area contributed by atoms with Crippen molar-refractivity contribution >= 4 is 23.5 Å². The van der Waals surface area contributed by atoms with Crippen molar-refractivity contribution in [3.63, 3.8) is 0 Å². The number of nitrogens with one attached hydrogen (secondary N) is 1. The Morgan fingerprint density at radius 2 is 1.65 bits per heavy atom. The molecule has 5 nitrogen and oxygen atoms in total. The Morgan fingerprint density at radius 1 is 1.04 bits per heavy atom. The Hall–Kier alpha value is -2.53. The highest BCUT2D eigenvalue weighted by molar-refractivity contribution is 6.30. The fourth-order valence-corrected chi connectivity index (χ4v) is 3.27. The van der Waals surface area contributed by atoms with E-state index in [0.717, 1.165) is 18.6 Å². The summed E-state index contributed by atoms with van der Waals surface area (Å²) in [7, 11) is 0. The van der Waals surface area contributed by atoms with Gasteiger partial charge in [0.15, 0.2) is 5.78 Å². The first-order chi connectivity index (χ1) is 12.5. The van der Waals surface area contributed by atoms with Crippen molar-refractivity contribution in [3.8, 4) is 5.75 Å². The molecule has 0 heterocycles. The number of ether oxygens (including phenoxy) is 1. The van der Waals surface area contributed by atoms with E-state index in [4.69, 9.17) is 21.4 Å². The zero-order valence-corrected chi connectivity index (χ0v) is 14.9. The number of carbonyl (C=O) groups is 2. The monoisotopic (exact) mass is 373 g/mol. The summed E-state index contributed by atoms with van der Waals surface area (Å²) in [5.41, 5.74) is 0.950. The van der Waals surface area contributed by atoms with E-state index in [1.54, 1.807) is 48.5 Å². The van der Waals surface area contributed by atoms with Crippen LogP contribution in [0.2, 0.25) is 5.02 Å². The molecule has 136 valence electrons. The Morgan fingerprint density at radius 3 is 2.23 bits per heavy atom. The normalized spacial score (nSPS) is 15.4. The van der Waals surface area contributed by atoms with Crippen molar-refractivity contribution in [3.05, 3.63) is 64.7 Å². The van der Waals surface area contributed by atoms with Crippen molar-refractivity contribution in [1.29, 1.82) is 0 Å². The Kier molecular flexibility index (Phi) is 5.78. The van der Waals surface area contributed by atoms with E-state index in [9.17, 15) is 9.59 Å². The zero-order valence-electron chi connectivity index (χ0n) is 14.2. The lowest BCUT2D eigenvalue weighted by atomic mass is 9.97. The van der Waals surface area contributed by atoms with Crippen molar-refractivity contribution in [2.75, 3.05) is 0 Å². The van der Waals surface area contributed by atoms with E-state index in [2.05, 4.69) is 5.32 Å². The number of Topliss-reactive ketones (excluding diaryl/α,β-unsaturated/α-hetero) is 1. The van der Waals surface area contributed by atoms with Crippen LogP contribution >= 0.6 is 11.6 Å². The Balaban J connectivity index is 1.77. The summed E-state index contributed by atoms with van der Waals surface area (Å²) >= 11 is 5.87. The fourth-order valence-electron chi connectivity index (χ4n) is 3.14. The second kappa shape index (κ2) is 8.23. The first kappa shape index (κ1) is 18.3. The third kappa shape index (κ3) is 4.55. The molecular formula is C20H20ClNO4. The number of hydrogen-bond acceptors (Lipinski definition) is 3. The van der Waals surface area contributed by atoms with Crippen LogP contribution in [0.25, 0.3) is 0 Å². The van der Waals surface area contributed by atoms with Gasteiger partial charge < -0.3 is 15.2 Å². The maximum absolute atomic E-state index is 12.8. The van der Waals surface area contributed by atoms with Crippen molar-refractivity contribution in [1.82, 2.24) is 5.32 Å². The molecule has 1 amide bonds. The first-order valence-corrected chi connectivity index (χ1v) is 8.96.